The Morgan fingerprint density at radius 1 is 1.00 bits per heavy atom. The average Bonchev–Trinajstić information content (AvgIpc) is 2.61. The molecule has 23 heavy (non-hydrogen) atoms. The molecule has 0 unspecified atom stereocenters. The van der Waals surface area contributed by atoms with Crippen LogP contribution in [0.15, 0.2) is 48.5 Å². The minimum absolute atomic E-state index is 0.181. The van der Waals surface area contributed by atoms with Crippen LogP contribution in [0.4, 0.5) is 0 Å². The van der Waals surface area contributed by atoms with E-state index in [0.29, 0.717) is 5.56 Å². The van der Waals surface area contributed by atoms with Crippen LogP contribution in [0.5, 0.6) is 5.75 Å². The van der Waals surface area contributed by atoms with Gasteiger partial charge in [-0.3, -0.25) is 4.79 Å². The molecule has 0 saturated heterocycles. The number of benzene rings is 2. The zero-order valence-electron chi connectivity index (χ0n) is 13.8. The quantitative estimate of drug-likeness (QED) is 0.441. The normalized spacial score (nSPS) is 9.83. The second-order valence-electron chi connectivity index (χ2n) is 5.46. The third-order valence-corrected chi connectivity index (χ3v) is 3.70. The monoisotopic (exact) mass is 306 g/mol. The number of ether oxygens (including phenoxy) is 1. The van der Waals surface area contributed by atoms with Gasteiger partial charge in [-0.05, 0) is 60.7 Å². The molecule has 0 radical (unpaired) electrons. The molecule has 0 saturated carbocycles. The van der Waals surface area contributed by atoms with Gasteiger partial charge in [-0.15, -0.1) is 0 Å². The summed E-state index contributed by atoms with van der Waals surface area (Å²) in [5.41, 5.74) is 2.77. The van der Waals surface area contributed by atoms with Crippen LogP contribution in [-0.4, -0.2) is 12.9 Å². The highest BCUT2D eigenvalue weighted by atomic mass is 16.5. The summed E-state index contributed by atoms with van der Waals surface area (Å²) in [5, 5.41) is 0. The van der Waals surface area contributed by atoms with Crippen LogP contribution in [-0.2, 0) is 6.42 Å². The lowest BCUT2D eigenvalue weighted by Gasteiger charge is -2.00. The van der Waals surface area contributed by atoms with E-state index in [1.807, 2.05) is 12.1 Å². The van der Waals surface area contributed by atoms with Crippen molar-refractivity contribution in [2.24, 2.45) is 0 Å². The average molecular weight is 306 g/mol. The van der Waals surface area contributed by atoms with Gasteiger partial charge >= 0.3 is 0 Å². The van der Waals surface area contributed by atoms with Crippen molar-refractivity contribution in [1.82, 2.24) is 0 Å². The van der Waals surface area contributed by atoms with Gasteiger partial charge in [-0.2, -0.15) is 0 Å². The van der Waals surface area contributed by atoms with Crippen LogP contribution < -0.4 is 4.74 Å². The summed E-state index contributed by atoms with van der Waals surface area (Å²) < 4.78 is 5.08. The Balaban J connectivity index is 1.98. The fourth-order valence-corrected chi connectivity index (χ4v) is 2.28. The standard InChI is InChI=1S/C21H22O2/c1-3-4-5-6-17-7-9-18(10-8-17)11-16-21(22)19-12-14-20(23-2)15-13-19/h7-10,12-15H,3-6H2,1-2H3. The highest BCUT2D eigenvalue weighted by Gasteiger charge is 2.02. The van der Waals surface area contributed by atoms with Crippen molar-refractivity contribution in [2.45, 2.75) is 32.6 Å². The Kier molecular flexibility index (Phi) is 6.44. The second kappa shape index (κ2) is 8.80. The molecule has 0 aromatic heterocycles. The van der Waals surface area contributed by atoms with Crippen LogP contribution in [0.2, 0.25) is 0 Å². The zero-order valence-corrected chi connectivity index (χ0v) is 13.8. The number of rotatable bonds is 6. The molecule has 0 aliphatic rings. The Hall–Kier alpha value is -2.53. The van der Waals surface area contributed by atoms with Crippen LogP contribution in [0.1, 0.15) is 47.7 Å². The summed E-state index contributed by atoms with van der Waals surface area (Å²) in [5.74, 6) is 6.18. The highest BCUT2D eigenvalue weighted by Crippen LogP contribution is 2.12. The second-order valence-corrected chi connectivity index (χ2v) is 5.46. The van der Waals surface area contributed by atoms with Gasteiger partial charge in [-0.25, -0.2) is 0 Å². The lowest BCUT2D eigenvalue weighted by atomic mass is 10.1. The predicted octanol–water partition coefficient (Wildman–Crippen LogP) is 4.66. The summed E-state index contributed by atoms with van der Waals surface area (Å²) in [4.78, 5) is 12.0. The molecule has 0 spiro atoms. The van der Waals surface area contributed by atoms with E-state index in [9.17, 15) is 4.79 Å². The first kappa shape index (κ1) is 16.8. The summed E-state index contributed by atoms with van der Waals surface area (Å²) in [6.45, 7) is 2.21. The molecule has 0 heterocycles. The van der Waals surface area contributed by atoms with Crippen molar-refractivity contribution in [3.63, 3.8) is 0 Å². The summed E-state index contributed by atoms with van der Waals surface area (Å²) in [6, 6.07) is 15.1. The summed E-state index contributed by atoms with van der Waals surface area (Å²) >= 11 is 0. The van der Waals surface area contributed by atoms with Crippen molar-refractivity contribution in [3.8, 4) is 17.6 Å². The molecular weight excluding hydrogens is 284 g/mol. The molecule has 0 atom stereocenters. The Labute approximate surface area is 138 Å². The Bertz CT molecular complexity index is 685. The maximum absolute atomic E-state index is 12.0. The molecule has 2 heteroatoms. The van der Waals surface area contributed by atoms with Gasteiger partial charge in [0.2, 0.25) is 5.78 Å². The van der Waals surface area contributed by atoms with E-state index in [4.69, 9.17) is 4.74 Å². The number of aryl methyl sites for hydroxylation is 1. The third kappa shape index (κ3) is 5.30. The minimum Gasteiger partial charge on any atom is -0.497 e. The van der Waals surface area contributed by atoms with E-state index in [1.165, 1.54) is 24.8 Å². The van der Waals surface area contributed by atoms with Gasteiger partial charge in [0.15, 0.2) is 0 Å². The lowest BCUT2D eigenvalue weighted by molar-refractivity contribution is 0.105. The largest absolute Gasteiger partial charge is 0.497 e. The number of ketones is 1. The molecule has 2 aromatic carbocycles. The first-order chi connectivity index (χ1) is 11.2. The molecule has 2 nitrogen and oxygen atoms in total. The van der Waals surface area contributed by atoms with E-state index < -0.39 is 0 Å². The van der Waals surface area contributed by atoms with E-state index >= 15 is 0 Å². The van der Waals surface area contributed by atoms with Crippen molar-refractivity contribution in [1.29, 1.82) is 0 Å². The fraction of sp³-hybridized carbons (Fsp3) is 0.286. The lowest BCUT2D eigenvalue weighted by Crippen LogP contribution is -1.95. The molecule has 0 amide bonds. The van der Waals surface area contributed by atoms with Crippen molar-refractivity contribution >= 4 is 5.78 Å². The third-order valence-electron chi connectivity index (χ3n) is 3.70. The van der Waals surface area contributed by atoms with E-state index in [1.54, 1.807) is 31.4 Å². The zero-order chi connectivity index (χ0) is 16.5. The SMILES string of the molecule is CCCCCc1ccc(C#CC(=O)c2ccc(OC)cc2)cc1. The molecule has 0 bridgehead atoms. The van der Waals surface area contributed by atoms with Crippen LogP contribution in [0.3, 0.4) is 0 Å². The number of Topliss-reactive ketones (excluding diaryl/α,β-unsaturated/α-hetero) is 1. The Morgan fingerprint density at radius 3 is 2.30 bits per heavy atom. The van der Waals surface area contributed by atoms with Gasteiger partial charge in [-0.1, -0.05) is 37.8 Å². The molecule has 2 aromatic rings. The van der Waals surface area contributed by atoms with E-state index in [0.717, 1.165) is 17.7 Å². The molecular formula is C21H22O2. The van der Waals surface area contributed by atoms with Crippen molar-refractivity contribution in [2.75, 3.05) is 7.11 Å². The van der Waals surface area contributed by atoms with Gasteiger partial charge < -0.3 is 4.74 Å². The number of methoxy groups -OCH3 is 1. The number of hydrogen-bond donors (Lipinski definition) is 0. The van der Waals surface area contributed by atoms with Gasteiger partial charge in [0.1, 0.15) is 5.75 Å². The van der Waals surface area contributed by atoms with E-state index in [-0.39, 0.29) is 5.78 Å². The molecule has 0 aliphatic heterocycles. The number of carbonyl (C=O) groups excluding carboxylic acids is 1. The Morgan fingerprint density at radius 2 is 1.70 bits per heavy atom. The van der Waals surface area contributed by atoms with Crippen LogP contribution in [0.25, 0.3) is 0 Å². The maximum atomic E-state index is 12.0. The van der Waals surface area contributed by atoms with Gasteiger partial charge in [0.05, 0.1) is 7.11 Å². The molecule has 0 aliphatic carbocycles. The number of unbranched alkanes of at least 4 members (excludes halogenated alkanes) is 2. The predicted molar refractivity (Wildman–Crippen MR) is 93.9 cm³/mol. The first-order valence-electron chi connectivity index (χ1n) is 8.02. The minimum atomic E-state index is -0.181. The topological polar surface area (TPSA) is 26.3 Å². The smallest absolute Gasteiger partial charge is 0.236 e. The first-order valence-corrected chi connectivity index (χ1v) is 8.02. The van der Waals surface area contributed by atoms with Gasteiger partial charge in [0, 0.05) is 11.1 Å². The van der Waals surface area contributed by atoms with Crippen LogP contribution in [0, 0.1) is 11.8 Å². The summed E-state index contributed by atoms with van der Waals surface area (Å²) in [7, 11) is 1.60. The van der Waals surface area contributed by atoms with E-state index in [2.05, 4.69) is 30.9 Å². The molecule has 2 rings (SSSR count). The molecule has 0 fully saturated rings. The number of hydrogen-bond acceptors (Lipinski definition) is 2. The summed E-state index contributed by atoms with van der Waals surface area (Å²) in [6.07, 6.45) is 4.82. The van der Waals surface area contributed by atoms with Crippen LogP contribution >= 0.6 is 0 Å². The van der Waals surface area contributed by atoms with Crippen molar-refractivity contribution < 1.29 is 9.53 Å². The van der Waals surface area contributed by atoms with Gasteiger partial charge in [0.25, 0.3) is 0 Å². The highest BCUT2D eigenvalue weighted by molar-refractivity contribution is 6.09. The molecule has 0 N–H and O–H groups in total. The maximum Gasteiger partial charge on any atom is 0.236 e. The fourth-order valence-electron chi connectivity index (χ4n) is 2.28. The molecule has 118 valence electrons. The number of carbonyl (C=O) groups is 1. The van der Waals surface area contributed by atoms with Crippen molar-refractivity contribution in [3.05, 3.63) is 65.2 Å².